The minimum absolute atomic E-state index is 0.0406. The predicted molar refractivity (Wildman–Crippen MR) is 111 cm³/mol. The van der Waals surface area contributed by atoms with Gasteiger partial charge in [-0.2, -0.15) is 13.2 Å². The highest BCUT2D eigenvalue weighted by Gasteiger charge is 2.30. The summed E-state index contributed by atoms with van der Waals surface area (Å²) < 4.78 is 40.3. The molecule has 0 atom stereocenters. The number of fused-ring (bicyclic) bond motifs is 2. The van der Waals surface area contributed by atoms with Gasteiger partial charge in [-0.3, -0.25) is 14.2 Å². The summed E-state index contributed by atoms with van der Waals surface area (Å²) in [5.74, 6) is 0.298. The van der Waals surface area contributed by atoms with Gasteiger partial charge in [-0.05, 0) is 48.7 Å². The van der Waals surface area contributed by atoms with Gasteiger partial charge in [-0.25, -0.2) is 4.98 Å². The monoisotopic (exact) mass is 429 g/mol. The standard InChI is InChI=1S/C23H22F3N3O2/c24-23(25,26)17-7-5-6-15(12-17)14-27-21(30)16-9-10-18-19(13-16)28-20-8-3-1-2-4-11-29(20)22(18)31/h5-7,9-10,12-13H,1-4,8,11,14H2,(H,27,30). The van der Waals surface area contributed by atoms with Crippen molar-refractivity contribution in [1.29, 1.82) is 0 Å². The molecular weight excluding hydrogens is 407 g/mol. The summed E-state index contributed by atoms with van der Waals surface area (Å²) in [5, 5.41) is 3.09. The second kappa shape index (κ2) is 8.53. The lowest BCUT2D eigenvalue weighted by molar-refractivity contribution is -0.137. The average Bonchev–Trinajstić information content (AvgIpc) is 2.72. The molecule has 1 N–H and O–H groups in total. The van der Waals surface area contributed by atoms with Crippen molar-refractivity contribution in [2.75, 3.05) is 0 Å². The second-order valence-electron chi connectivity index (χ2n) is 7.76. The maximum Gasteiger partial charge on any atom is 0.416 e. The lowest BCUT2D eigenvalue weighted by atomic mass is 10.1. The van der Waals surface area contributed by atoms with E-state index in [1.807, 2.05) is 0 Å². The summed E-state index contributed by atoms with van der Waals surface area (Å²) in [7, 11) is 0. The van der Waals surface area contributed by atoms with Crippen LogP contribution in [0.5, 0.6) is 0 Å². The number of nitrogens with one attached hydrogen (secondary N) is 1. The van der Waals surface area contributed by atoms with E-state index < -0.39 is 17.6 Å². The number of hydrogen-bond donors (Lipinski definition) is 1. The maximum atomic E-state index is 12.9. The quantitative estimate of drug-likeness (QED) is 0.669. The molecule has 8 heteroatoms. The van der Waals surface area contributed by atoms with Crippen LogP contribution in [0.3, 0.4) is 0 Å². The fraction of sp³-hybridized carbons (Fsp3) is 0.348. The molecule has 31 heavy (non-hydrogen) atoms. The summed E-state index contributed by atoms with van der Waals surface area (Å²) in [4.78, 5) is 30.1. The van der Waals surface area contributed by atoms with Crippen LogP contribution < -0.4 is 10.9 Å². The largest absolute Gasteiger partial charge is 0.416 e. The first-order valence-electron chi connectivity index (χ1n) is 10.3. The van der Waals surface area contributed by atoms with Crippen LogP contribution in [0, 0.1) is 0 Å². The van der Waals surface area contributed by atoms with Gasteiger partial charge in [-0.15, -0.1) is 0 Å². The topological polar surface area (TPSA) is 64.0 Å². The number of benzene rings is 2. The van der Waals surface area contributed by atoms with Crippen LogP contribution in [0.2, 0.25) is 0 Å². The van der Waals surface area contributed by atoms with Gasteiger partial charge < -0.3 is 5.32 Å². The molecule has 1 aromatic heterocycles. The Balaban J connectivity index is 1.56. The molecule has 0 aliphatic carbocycles. The van der Waals surface area contributed by atoms with Gasteiger partial charge in [0.2, 0.25) is 0 Å². The lowest BCUT2D eigenvalue weighted by Crippen LogP contribution is -2.27. The molecular formula is C23H22F3N3O2. The molecule has 2 aromatic carbocycles. The van der Waals surface area contributed by atoms with E-state index >= 15 is 0 Å². The predicted octanol–water partition coefficient (Wildman–Crippen LogP) is 4.46. The minimum Gasteiger partial charge on any atom is -0.348 e. The Kier molecular flexibility index (Phi) is 5.80. The van der Waals surface area contributed by atoms with Crippen LogP contribution in [0.4, 0.5) is 13.2 Å². The van der Waals surface area contributed by atoms with Crippen LogP contribution in [0.15, 0.2) is 47.3 Å². The van der Waals surface area contributed by atoms with Gasteiger partial charge in [0.1, 0.15) is 5.82 Å². The molecule has 1 amide bonds. The van der Waals surface area contributed by atoms with Crippen LogP contribution in [0.25, 0.3) is 10.9 Å². The number of aromatic nitrogens is 2. The molecule has 0 bridgehead atoms. The van der Waals surface area contributed by atoms with Gasteiger partial charge >= 0.3 is 6.18 Å². The first-order valence-corrected chi connectivity index (χ1v) is 10.3. The number of alkyl halides is 3. The number of rotatable bonds is 3. The number of carbonyl (C=O) groups excluding carboxylic acids is 1. The average molecular weight is 429 g/mol. The van der Waals surface area contributed by atoms with Crippen molar-refractivity contribution in [2.45, 2.75) is 51.4 Å². The number of nitrogens with zero attached hydrogens (tertiary/aromatic N) is 2. The van der Waals surface area contributed by atoms with Crippen LogP contribution in [-0.4, -0.2) is 15.5 Å². The molecule has 3 aromatic rings. The van der Waals surface area contributed by atoms with E-state index in [0.29, 0.717) is 28.6 Å². The molecule has 2 heterocycles. The smallest absolute Gasteiger partial charge is 0.348 e. The van der Waals surface area contributed by atoms with E-state index in [4.69, 9.17) is 0 Å². The molecule has 0 saturated carbocycles. The van der Waals surface area contributed by atoms with Crippen molar-refractivity contribution < 1.29 is 18.0 Å². The molecule has 0 fully saturated rings. The Morgan fingerprint density at radius 3 is 2.68 bits per heavy atom. The van der Waals surface area contributed by atoms with Crippen molar-refractivity contribution in [3.63, 3.8) is 0 Å². The van der Waals surface area contributed by atoms with Gasteiger partial charge in [-0.1, -0.05) is 25.0 Å². The third kappa shape index (κ3) is 4.62. The fourth-order valence-corrected chi connectivity index (χ4v) is 3.88. The van der Waals surface area contributed by atoms with E-state index in [0.717, 1.165) is 50.1 Å². The maximum absolute atomic E-state index is 12.9. The molecule has 162 valence electrons. The van der Waals surface area contributed by atoms with Gasteiger partial charge in [0, 0.05) is 25.1 Å². The number of halogens is 3. The minimum atomic E-state index is -4.44. The van der Waals surface area contributed by atoms with Gasteiger partial charge in [0.15, 0.2) is 0 Å². The summed E-state index contributed by atoms with van der Waals surface area (Å²) in [6.45, 7) is 0.609. The Morgan fingerprint density at radius 1 is 1.06 bits per heavy atom. The highest BCUT2D eigenvalue weighted by molar-refractivity contribution is 5.97. The summed E-state index contributed by atoms with van der Waals surface area (Å²) in [6, 6.07) is 9.54. The van der Waals surface area contributed by atoms with Crippen molar-refractivity contribution in [1.82, 2.24) is 14.9 Å². The zero-order chi connectivity index (χ0) is 22.0. The second-order valence-corrected chi connectivity index (χ2v) is 7.76. The highest BCUT2D eigenvalue weighted by atomic mass is 19.4. The van der Waals surface area contributed by atoms with Crippen LogP contribution >= 0.6 is 0 Å². The van der Waals surface area contributed by atoms with Crippen molar-refractivity contribution in [2.24, 2.45) is 0 Å². The number of carbonyl (C=O) groups is 1. The Hall–Kier alpha value is -3.16. The van der Waals surface area contributed by atoms with E-state index in [9.17, 15) is 22.8 Å². The Morgan fingerprint density at radius 2 is 1.87 bits per heavy atom. The first-order chi connectivity index (χ1) is 14.8. The SMILES string of the molecule is O=C(NCc1cccc(C(F)(F)F)c1)c1ccc2c(=O)n3c(nc2c1)CCCCCC3. The zero-order valence-electron chi connectivity index (χ0n) is 16.8. The number of amides is 1. The zero-order valence-corrected chi connectivity index (χ0v) is 16.8. The third-order valence-electron chi connectivity index (χ3n) is 5.54. The third-order valence-corrected chi connectivity index (χ3v) is 5.54. The fourth-order valence-electron chi connectivity index (χ4n) is 3.88. The molecule has 1 aliphatic heterocycles. The van der Waals surface area contributed by atoms with Crippen molar-refractivity contribution in [3.05, 3.63) is 75.3 Å². The number of aryl methyl sites for hydroxylation is 1. The van der Waals surface area contributed by atoms with Crippen molar-refractivity contribution >= 4 is 16.8 Å². The number of hydrogen-bond acceptors (Lipinski definition) is 3. The molecule has 1 aliphatic rings. The normalized spacial score (nSPS) is 14.5. The van der Waals surface area contributed by atoms with Crippen LogP contribution in [0.1, 0.15) is 53.0 Å². The van der Waals surface area contributed by atoms with Crippen molar-refractivity contribution in [3.8, 4) is 0 Å². The lowest BCUT2D eigenvalue weighted by Gasteiger charge is -2.16. The van der Waals surface area contributed by atoms with E-state index in [-0.39, 0.29) is 12.1 Å². The van der Waals surface area contributed by atoms with Gasteiger partial charge in [0.25, 0.3) is 11.5 Å². The van der Waals surface area contributed by atoms with E-state index in [2.05, 4.69) is 10.3 Å². The molecule has 4 rings (SSSR count). The summed E-state index contributed by atoms with van der Waals surface area (Å²) in [6.07, 6.45) is 0.387. The Bertz CT molecular complexity index is 1180. The van der Waals surface area contributed by atoms with E-state index in [1.165, 1.54) is 12.1 Å². The summed E-state index contributed by atoms with van der Waals surface area (Å²) in [5.41, 5.74) is 0.261. The van der Waals surface area contributed by atoms with Gasteiger partial charge in [0.05, 0.1) is 16.5 Å². The molecule has 0 spiro atoms. The highest BCUT2D eigenvalue weighted by Crippen LogP contribution is 2.29. The molecule has 0 radical (unpaired) electrons. The molecule has 5 nitrogen and oxygen atoms in total. The van der Waals surface area contributed by atoms with Crippen LogP contribution in [-0.2, 0) is 25.7 Å². The Labute approximate surface area is 176 Å². The van der Waals surface area contributed by atoms with E-state index in [1.54, 1.807) is 22.8 Å². The molecule has 0 unspecified atom stereocenters. The molecule has 0 saturated heterocycles. The first kappa shape index (κ1) is 21.1. The summed E-state index contributed by atoms with van der Waals surface area (Å²) >= 11 is 0.